The highest BCUT2D eigenvalue weighted by molar-refractivity contribution is 9.10. The average molecular weight is 328 g/mol. The highest BCUT2D eigenvalue weighted by atomic mass is 79.9. The van der Waals surface area contributed by atoms with Crippen LogP contribution in [-0.2, 0) is 4.74 Å². The lowest BCUT2D eigenvalue weighted by Crippen LogP contribution is -2.33. The van der Waals surface area contributed by atoms with Crippen LogP contribution in [0.2, 0.25) is 0 Å². The van der Waals surface area contributed by atoms with Gasteiger partial charge in [0.25, 0.3) is 0 Å². The molecule has 1 heterocycles. The largest absolute Gasteiger partial charge is 0.496 e. The van der Waals surface area contributed by atoms with E-state index in [1.165, 1.54) is 12.0 Å². The first-order valence-electron chi connectivity index (χ1n) is 6.90. The van der Waals surface area contributed by atoms with Gasteiger partial charge in [-0.15, -0.1) is 0 Å². The summed E-state index contributed by atoms with van der Waals surface area (Å²) in [5.41, 5.74) is 1.23. The maximum absolute atomic E-state index is 5.64. The lowest BCUT2D eigenvalue weighted by atomic mass is 9.88. The molecular formula is C15H22BrNO2. The summed E-state index contributed by atoms with van der Waals surface area (Å²) in [5, 5.41) is 3.59. The summed E-state index contributed by atoms with van der Waals surface area (Å²) in [6.07, 6.45) is 2.35. The van der Waals surface area contributed by atoms with E-state index in [0.717, 1.165) is 36.4 Å². The number of hydrogen-bond acceptors (Lipinski definition) is 3. The van der Waals surface area contributed by atoms with Gasteiger partial charge in [0.05, 0.1) is 13.7 Å². The maximum Gasteiger partial charge on any atom is 0.124 e. The van der Waals surface area contributed by atoms with Crippen LogP contribution in [0.5, 0.6) is 5.75 Å². The first-order chi connectivity index (χ1) is 9.26. The SMILES string of the molecule is CCNC(c1ccc(Br)cc1OC)C1CCCOC1. The molecule has 0 aliphatic carbocycles. The third-order valence-electron chi connectivity index (χ3n) is 3.62. The quantitative estimate of drug-likeness (QED) is 0.897. The normalized spacial score (nSPS) is 21.1. The van der Waals surface area contributed by atoms with Gasteiger partial charge >= 0.3 is 0 Å². The minimum absolute atomic E-state index is 0.299. The zero-order valence-corrected chi connectivity index (χ0v) is 13.2. The number of rotatable bonds is 5. The molecule has 1 aliphatic rings. The first-order valence-corrected chi connectivity index (χ1v) is 7.70. The highest BCUT2D eigenvalue weighted by Gasteiger charge is 2.27. The van der Waals surface area contributed by atoms with Crippen molar-refractivity contribution in [3.8, 4) is 5.75 Å². The fraction of sp³-hybridized carbons (Fsp3) is 0.600. The van der Waals surface area contributed by atoms with Crippen LogP contribution in [0.15, 0.2) is 22.7 Å². The van der Waals surface area contributed by atoms with Crippen molar-refractivity contribution >= 4 is 15.9 Å². The second-order valence-electron chi connectivity index (χ2n) is 4.90. The molecule has 0 saturated carbocycles. The maximum atomic E-state index is 5.64. The molecule has 0 radical (unpaired) electrons. The Balaban J connectivity index is 2.26. The molecule has 1 fully saturated rings. The van der Waals surface area contributed by atoms with Gasteiger partial charge in [0.2, 0.25) is 0 Å². The Morgan fingerprint density at radius 2 is 2.37 bits per heavy atom. The molecule has 1 saturated heterocycles. The van der Waals surface area contributed by atoms with Gasteiger partial charge in [-0.3, -0.25) is 0 Å². The van der Waals surface area contributed by atoms with Gasteiger partial charge in [-0.25, -0.2) is 0 Å². The average Bonchev–Trinajstić information content (AvgIpc) is 2.46. The molecule has 0 spiro atoms. The smallest absolute Gasteiger partial charge is 0.124 e. The lowest BCUT2D eigenvalue weighted by Gasteiger charge is -2.32. The summed E-state index contributed by atoms with van der Waals surface area (Å²) >= 11 is 3.50. The van der Waals surface area contributed by atoms with Crippen LogP contribution < -0.4 is 10.1 Å². The Labute approximate surface area is 123 Å². The Morgan fingerprint density at radius 3 is 3.00 bits per heavy atom. The molecule has 3 nitrogen and oxygen atoms in total. The summed E-state index contributed by atoms with van der Waals surface area (Å²) in [5.74, 6) is 1.45. The molecule has 0 amide bonds. The van der Waals surface area contributed by atoms with Gasteiger partial charge in [0.1, 0.15) is 5.75 Å². The summed E-state index contributed by atoms with van der Waals surface area (Å²) in [6.45, 7) is 4.81. The predicted molar refractivity (Wildman–Crippen MR) is 80.7 cm³/mol. The second kappa shape index (κ2) is 7.27. The van der Waals surface area contributed by atoms with Crippen LogP contribution in [0.4, 0.5) is 0 Å². The van der Waals surface area contributed by atoms with Gasteiger partial charge in [0, 0.05) is 28.6 Å². The van der Waals surface area contributed by atoms with Gasteiger partial charge in [-0.1, -0.05) is 28.9 Å². The van der Waals surface area contributed by atoms with Gasteiger partial charge in [0.15, 0.2) is 0 Å². The van der Waals surface area contributed by atoms with Crippen molar-refractivity contribution in [3.63, 3.8) is 0 Å². The standard InChI is InChI=1S/C15H22BrNO2/c1-3-17-15(11-5-4-8-19-10-11)13-7-6-12(16)9-14(13)18-2/h6-7,9,11,15,17H,3-5,8,10H2,1-2H3. The summed E-state index contributed by atoms with van der Waals surface area (Å²) in [4.78, 5) is 0. The Morgan fingerprint density at radius 1 is 1.53 bits per heavy atom. The van der Waals surface area contributed by atoms with Crippen LogP contribution in [0.1, 0.15) is 31.4 Å². The lowest BCUT2D eigenvalue weighted by molar-refractivity contribution is 0.0389. The van der Waals surface area contributed by atoms with Crippen LogP contribution in [-0.4, -0.2) is 26.9 Å². The van der Waals surface area contributed by atoms with E-state index in [1.807, 2.05) is 6.07 Å². The van der Waals surface area contributed by atoms with Crippen molar-refractivity contribution in [3.05, 3.63) is 28.2 Å². The minimum Gasteiger partial charge on any atom is -0.496 e. The molecule has 106 valence electrons. The molecule has 0 aromatic heterocycles. The number of methoxy groups -OCH3 is 1. The van der Waals surface area contributed by atoms with E-state index in [2.05, 4.69) is 40.3 Å². The van der Waals surface area contributed by atoms with Crippen LogP contribution in [0, 0.1) is 5.92 Å². The molecular weight excluding hydrogens is 306 g/mol. The predicted octanol–water partition coefficient (Wildman–Crippen LogP) is 3.53. The Kier molecular flexibility index (Phi) is 5.67. The molecule has 2 unspecified atom stereocenters. The van der Waals surface area contributed by atoms with Crippen molar-refractivity contribution in [2.75, 3.05) is 26.9 Å². The minimum atomic E-state index is 0.299. The molecule has 1 aromatic carbocycles. The highest BCUT2D eigenvalue weighted by Crippen LogP contribution is 2.35. The molecule has 1 N–H and O–H groups in total. The summed E-state index contributed by atoms with van der Waals surface area (Å²) < 4.78 is 12.2. The third-order valence-corrected chi connectivity index (χ3v) is 4.11. The Bertz CT molecular complexity index is 405. The number of nitrogens with one attached hydrogen (secondary N) is 1. The number of halogens is 1. The first kappa shape index (κ1) is 14.8. The topological polar surface area (TPSA) is 30.5 Å². The van der Waals surface area contributed by atoms with E-state index in [9.17, 15) is 0 Å². The van der Waals surface area contributed by atoms with Gasteiger partial charge in [-0.2, -0.15) is 0 Å². The van der Waals surface area contributed by atoms with Crippen molar-refractivity contribution < 1.29 is 9.47 Å². The van der Waals surface area contributed by atoms with Crippen molar-refractivity contribution in [2.24, 2.45) is 5.92 Å². The van der Waals surface area contributed by atoms with Crippen LogP contribution >= 0.6 is 15.9 Å². The van der Waals surface area contributed by atoms with Crippen molar-refractivity contribution in [2.45, 2.75) is 25.8 Å². The molecule has 4 heteroatoms. The van der Waals surface area contributed by atoms with E-state index < -0.39 is 0 Å². The zero-order valence-electron chi connectivity index (χ0n) is 11.6. The number of benzene rings is 1. The van der Waals surface area contributed by atoms with E-state index in [0.29, 0.717) is 12.0 Å². The third kappa shape index (κ3) is 3.71. The second-order valence-corrected chi connectivity index (χ2v) is 5.81. The fourth-order valence-corrected chi connectivity index (χ4v) is 3.06. The van der Waals surface area contributed by atoms with E-state index in [-0.39, 0.29) is 0 Å². The number of ether oxygens (including phenoxy) is 2. The zero-order chi connectivity index (χ0) is 13.7. The Hall–Kier alpha value is -0.580. The molecule has 19 heavy (non-hydrogen) atoms. The number of hydrogen-bond donors (Lipinski definition) is 1. The van der Waals surface area contributed by atoms with Crippen molar-refractivity contribution in [1.82, 2.24) is 5.32 Å². The molecule has 1 aromatic rings. The molecule has 2 rings (SSSR count). The molecule has 0 bridgehead atoms. The summed E-state index contributed by atoms with van der Waals surface area (Å²) in [6, 6.07) is 6.55. The molecule has 1 aliphatic heterocycles. The van der Waals surface area contributed by atoms with Crippen LogP contribution in [0.3, 0.4) is 0 Å². The fourth-order valence-electron chi connectivity index (χ4n) is 2.72. The van der Waals surface area contributed by atoms with Gasteiger partial charge in [-0.05, 0) is 31.5 Å². The van der Waals surface area contributed by atoms with E-state index in [4.69, 9.17) is 9.47 Å². The van der Waals surface area contributed by atoms with E-state index >= 15 is 0 Å². The van der Waals surface area contributed by atoms with Gasteiger partial charge < -0.3 is 14.8 Å². The summed E-state index contributed by atoms with van der Waals surface area (Å²) in [7, 11) is 1.73. The van der Waals surface area contributed by atoms with E-state index in [1.54, 1.807) is 7.11 Å². The molecule has 2 atom stereocenters. The van der Waals surface area contributed by atoms with Crippen molar-refractivity contribution in [1.29, 1.82) is 0 Å². The van der Waals surface area contributed by atoms with Crippen LogP contribution in [0.25, 0.3) is 0 Å². The monoisotopic (exact) mass is 327 g/mol.